The molecule has 4 nitrogen and oxygen atoms in total. The van der Waals surface area contributed by atoms with Gasteiger partial charge in [-0.25, -0.2) is 0 Å². The normalized spacial score (nSPS) is 20.6. The minimum Gasteiger partial charge on any atom is -0.391 e. The van der Waals surface area contributed by atoms with Crippen molar-refractivity contribution in [1.82, 2.24) is 9.88 Å². The van der Waals surface area contributed by atoms with Gasteiger partial charge in [-0.05, 0) is 18.6 Å². The van der Waals surface area contributed by atoms with E-state index in [0.717, 1.165) is 5.69 Å². The highest BCUT2D eigenvalue weighted by Gasteiger charge is 2.24. The van der Waals surface area contributed by atoms with Crippen LogP contribution in [0.25, 0.3) is 0 Å². The van der Waals surface area contributed by atoms with Crippen molar-refractivity contribution in [2.45, 2.75) is 18.9 Å². The van der Waals surface area contributed by atoms with E-state index in [4.69, 9.17) is 0 Å². The standard InChI is InChI=1S/C11H14N2O2/c14-10-4-6-13(8-10)11(15)7-9-3-1-2-5-12-9/h1-3,5,10,14H,4,6-8H2/t10-/m0/s1. The Morgan fingerprint density at radius 1 is 1.60 bits per heavy atom. The molecule has 1 aliphatic heterocycles. The summed E-state index contributed by atoms with van der Waals surface area (Å²) < 4.78 is 0. The van der Waals surface area contributed by atoms with Crippen molar-refractivity contribution < 1.29 is 9.90 Å². The SMILES string of the molecule is O=C(Cc1ccccn1)N1CC[C@H](O)C1. The van der Waals surface area contributed by atoms with E-state index in [-0.39, 0.29) is 12.0 Å². The highest BCUT2D eigenvalue weighted by Crippen LogP contribution is 2.10. The highest BCUT2D eigenvalue weighted by atomic mass is 16.3. The first-order valence-electron chi connectivity index (χ1n) is 5.11. The highest BCUT2D eigenvalue weighted by molar-refractivity contribution is 5.78. The Labute approximate surface area is 88.6 Å². The summed E-state index contributed by atoms with van der Waals surface area (Å²) in [6, 6.07) is 5.53. The van der Waals surface area contributed by atoms with E-state index >= 15 is 0 Å². The van der Waals surface area contributed by atoms with E-state index in [2.05, 4.69) is 4.98 Å². The molecule has 15 heavy (non-hydrogen) atoms. The summed E-state index contributed by atoms with van der Waals surface area (Å²) in [4.78, 5) is 17.5. The fourth-order valence-electron chi connectivity index (χ4n) is 1.74. The number of aliphatic hydroxyl groups excluding tert-OH is 1. The lowest BCUT2D eigenvalue weighted by Gasteiger charge is -2.14. The van der Waals surface area contributed by atoms with Gasteiger partial charge in [0.1, 0.15) is 0 Å². The van der Waals surface area contributed by atoms with Gasteiger partial charge in [0.15, 0.2) is 0 Å². The maximum absolute atomic E-state index is 11.7. The smallest absolute Gasteiger partial charge is 0.228 e. The Hall–Kier alpha value is -1.42. The van der Waals surface area contributed by atoms with Crippen molar-refractivity contribution in [3.05, 3.63) is 30.1 Å². The Bertz CT molecular complexity index is 340. The van der Waals surface area contributed by atoms with Crippen molar-refractivity contribution in [2.75, 3.05) is 13.1 Å². The zero-order chi connectivity index (χ0) is 10.7. The van der Waals surface area contributed by atoms with E-state index in [1.165, 1.54) is 0 Å². The number of hydrogen-bond acceptors (Lipinski definition) is 3. The first kappa shape index (κ1) is 10.1. The summed E-state index contributed by atoms with van der Waals surface area (Å²) in [5.41, 5.74) is 0.781. The van der Waals surface area contributed by atoms with Crippen LogP contribution in [0.3, 0.4) is 0 Å². The molecule has 1 aromatic heterocycles. The van der Waals surface area contributed by atoms with Gasteiger partial charge in [-0.2, -0.15) is 0 Å². The number of hydrogen-bond donors (Lipinski definition) is 1. The molecule has 1 fully saturated rings. The molecule has 1 aromatic rings. The molecule has 1 aliphatic rings. The Morgan fingerprint density at radius 2 is 2.47 bits per heavy atom. The summed E-state index contributed by atoms with van der Waals surface area (Å²) in [5, 5.41) is 9.31. The molecule has 2 rings (SSSR count). The fourth-order valence-corrected chi connectivity index (χ4v) is 1.74. The average molecular weight is 206 g/mol. The van der Waals surface area contributed by atoms with Gasteiger partial charge in [-0.15, -0.1) is 0 Å². The third-order valence-electron chi connectivity index (χ3n) is 2.57. The lowest BCUT2D eigenvalue weighted by Crippen LogP contribution is -2.31. The second-order valence-corrected chi connectivity index (χ2v) is 3.78. The number of pyridine rings is 1. The van der Waals surface area contributed by atoms with Gasteiger partial charge in [-0.1, -0.05) is 6.07 Å². The van der Waals surface area contributed by atoms with Crippen LogP contribution in [0.2, 0.25) is 0 Å². The number of carbonyl (C=O) groups excluding carboxylic acids is 1. The average Bonchev–Trinajstić information content (AvgIpc) is 2.66. The third kappa shape index (κ3) is 2.53. The molecule has 1 amide bonds. The predicted octanol–water partition coefficient (Wildman–Crippen LogP) is 0.217. The number of likely N-dealkylation sites (tertiary alicyclic amines) is 1. The van der Waals surface area contributed by atoms with E-state index in [1.54, 1.807) is 11.1 Å². The van der Waals surface area contributed by atoms with Crippen LogP contribution in [-0.4, -0.2) is 40.1 Å². The van der Waals surface area contributed by atoms with Crippen molar-refractivity contribution in [3.8, 4) is 0 Å². The second kappa shape index (κ2) is 4.40. The fraction of sp³-hybridized carbons (Fsp3) is 0.455. The van der Waals surface area contributed by atoms with Crippen LogP contribution >= 0.6 is 0 Å². The molecule has 4 heteroatoms. The second-order valence-electron chi connectivity index (χ2n) is 3.78. The van der Waals surface area contributed by atoms with Crippen LogP contribution in [0.1, 0.15) is 12.1 Å². The van der Waals surface area contributed by atoms with E-state index in [1.807, 2.05) is 18.2 Å². The number of aromatic nitrogens is 1. The van der Waals surface area contributed by atoms with Gasteiger partial charge in [0.25, 0.3) is 0 Å². The van der Waals surface area contributed by atoms with Crippen molar-refractivity contribution >= 4 is 5.91 Å². The molecule has 0 aromatic carbocycles. The number of carbonyl (C=O) groups is 1. The molecule has 0 aliphatic carbocycles. The minimum absolute atomic E-state index is 0.0465. The third-order valence-corrected chi connectivity index (χ3v) is 2.57. The quantitative estimate of drug-likeness (QED) is 0.753. The predicted molar refractivity (Wildman–Crippen MR) is 55.1 cm³/mol. The molecule has 0 bridgehead atoms. The summed E-state index contributed by atoms with van der Waals surface area (Å²) in [5.74, 6) is 0.0465. The summed E-state index contributed by atoms with van der Waals surface area (Å²) in [6.07, 6.45) is 2.35. The number of amides is 1. The van der Waals surface area contributed by atoms with Gasteiger partial charge in [0.2, 0.25) is 5.91 Å². The first-order valence-corrected chi connectivity index (χ1v) is 5.11. The van der Waals surface area contributed by atoms with Crippen LogP contribution in [0.4, 0.5) is 0 Å². The van der Waals surface area contributed by atoms with Crippen molar-refractivity contribution in [3.63, 3.8) is 0 Å². The topological polar surface area (TPSA) is 53.4 Å². The summed E-state index contributed by atoms with van der Waals surface area (Å²) >= 11 is 0. The maximum Gasteiger partial charge on any atom is 0.228 e. The molecule has 0 spiro atoms. The number of aliphatic hydroxyl groups is 1. The van der Waals surface area contributed by atoms with Crippen molar-refractivity contribution in [1.29, 1.82) is 0 Å². The Kier molecular flexibility index (Phi) is 2.97. The summed E-state index contributed by atoms with van der Waals surface area (Å²) in [7, 11) is 0. The first-order chi connectivity index (χ1) is 7.25. The molecule has 0 radical (unpaired) electrons. The molecule has 1 N–H and O–H groups in total. The molecular weight excluding hydrogens is 192 g/mol. The van der Waals surface area contributed by atoms with Gasteiger partial charge in [0, 0.05) is 25.0 Å². The van der Waals surface area contributed by atoms with Gasteiger partial charge < -0.3 is 10.0 Å². The van der Waals surface area contributed by atoms with E-state index in [9.17, 15) is 9.90 Å². The van der Waals surface area contributed by atoms with Crippen LogP contribution in [0.5, 0.6) is 0 Å². The van der Waals surface area contributed by atoms with Crippen molar-refractivity contribution in [2.24, 2.45) is 0 Å². The zero-order valence-electron chi connectivity index (χ0n) is 8.47. The number of nitrogens with zero attached hydrogens (tertiary/aromatic N) is 2. The Balaban J connectivity index is 1.93. The molecule has 2 heterocycles. The Morgan fingerprint density at radius 3 is 3.07 bits per heavy atom. The molecule has 1 saturated heterocycles. The van der Waals surface area contributed by atoms with Crippen LogP contribution in [0.15, 0.2) is 24.4 Å². The molecular formula is C11H14N2O2. The van der Waals surface area contributed by atoms with Gasteiger partial charge in [0.05, 0.1) is 12.5 Å². The summed E-state index contributed by atoms with van der Waals surface area (Å²) in [6.45, 7) is 1.12. The molecule has 1 atom stereocenters. The monoisotopic (exact) mass is 206 g/mol. The van der Waals surface area contributed by atoms with Gasteiger partial charge >= 0.3 is 0 Å². The lowest BCUT2D eigenvalue weighted by molar-refractivity contribution is -0.129. The molecule has 0 unspecified atom stereocenters. The van der Waals surface area contributed by atoms with Crippen LogP contribution in [-0.2, 0) is 11.2 Å². The molecule has 80 valence electrons. The van der Waals surface area contributed by atoms with Crippen LogP contribution in [0, 0.1) is 0 Å². The van der Waals surface area contributed by atoms with Crippen LogP contribution < -0.4 is 0 Å². The minimum atomic E-state index is -0.349. The number of rotatable bonds is 2. The largest absolute Gasteiger partial charge is 0.391 e. The lowest BCUT2D eigenvalue weighted by atomic mass is 10.2. The van der Waals surface area contributed by atoms with E-state index in [0.29, 0.717) is 25.9 Å². The number of β-amino-alcohol motifs (C(OH)–C–C–N with tert-alkyl or cyclic N) is 1. The maximum atomic E-state index is 11.7. The molecule has 0 saturated carbocycles. The van der Waals surface area contributed by atoms with Gasteiger partial charge in [-0.3, -0.25) is 9.78 Å². The van der Waals surface area contributed by atoms with E-state index < -0.39 is 0 Å². The zero-order valence-corrected chi connectivity index (χ0v) is 8.47.